The molecular weight excluding hydrogens is 1020 g/mol. The van der Waals surface area contributed by atoms with Crippen LogP contribution in [0.4, 0.5) is 0 Å². The molecule has 0 spiro atoms. The topological polar surface area (TPSA) is 108 Å². The van der Waals surface area contributed by atoms with Gasteiger partial charge in [-0.25, -0.2) is 0 Å². The van der Waals surface area contributed by atoms with Crippen molar-refractivity contribution in [3.63, 3.8) is 0 Å². The van der Waals surface area contributed by atoms with Gasteiger partial charge in [0.05, 0.1) is 39.9 Å². The Labute approximate surface area is 502 Å². The minimum Gasteiger partial charge on any atom is -0.756 e. The molecule has 0 bridgehead atoms. The summed E-state index contributed by atoms with van der Waals surface area (Å²) in [5.41, 5.74) is 0. The van der Waals surface area contributed by atoms with Crippen LogP contribution in [0.1, 0.15) is 303 Å². The highest BCUT2D eigenvalue weighted by Gasteiger charge is 2.23. The number of carbonyl (C=O) groups excluding carboxylic acids is 1. The van der Waals surface area contributed by atoms with Crippen molar-refractivity contribution >= 4 is 13.7 Å². The summed E-state index contributed by atoms with van der Waals surface area (Å²) in [6, 6.07) is -0.896. The van der Waals surface area contributed by atoms with E-state index in [1.807, 2.05) is 27.2 Å². The zero-order valence-electron chi connectivity index (χ0n) is 53.7. The molecule has 0 rings (SSSR count). The Morgan fingerprint density at radius 1 is 0.444 bits per heavy atom. The minimum atomic E-state index is -4.61. The predicted octanol–water partition coefficient (Wildman–Crippen LogP) is 21.1. The number of hydrogen-bond acceptors (Lipinski definition) is 6. The summed E-state index contributed by atoms with van der Waals surface area (Å²) < 4.78 is 23.5. The fraction of sp³-hybridized carbons (Fsp3) is 0.764. The average molecular weight is 1150 g/mol. The van der Waals surface area contributed by atoms with Crippen LogP contribution >= 0.6 is 7.82 Å². The third kappa shape index (κ3) is 64.8. The molecule has 0 aromatic heterocycles. The standard InChI is InChI=1S/C72H131N2O6P/c1-6-8-10-12-14-16-18-20-22-24-26-28-30-32-34-35-36-37-38-39-40-42-44-46-48-50-52-54-56-58-60-62-64-66-72(76)73-70(69-80-81(77,78)79-68-67-74(3,4)5)71(75)65-63-61-59-57-55-53-51-49-47-45-43-41-33-31-29-27-25-23-21-19-17-15-13-11-9-7-2/h8,10,14,16,20,22,26,28,32,34,36-37,39-40,63,65,70-71,75H,6-7,9,11-13,15,17-19,21,23-25,27,29-31,33,35,38,41-62,64,66-69H2,1-5H3,(H-,73,76,77,78)/b10-8-,16-14-,22-20-,28-26-,34-32-,37-36-,40-39-,65-63+. The van der Waals surface area contributed by atoms with Gasteiger partial charge in [0.2, 0.25) is 5.91 Å². The predicted molar refractivity (Wildman–Crippen MR) is 353 cm³/mol. The zero-order valence-corrected chi connectivity index (χ0v) is 54.6. The molecule has 1 amide bonds. The summed E-state index contributed by atoms with van der Waals surface area (Å²) in [6.45, 7) is 4.56. The first kappa shape index (κ1) is 78.4. The Hall–Kier alpha value is -2.58. The number of quaternary nitrogens is 1. The van der Waals surface area contributed by atoms with E-state index < -0.39 is 20.0 Å². The second-order valence-electron chi connectivity index (χ2n) is 24.2. The molecule has 0 aliphatic heterocycles. The lowest BCUT2D eigenvalue weighted by atomic mass is 10.0. The molecular formula is C72H131N2O6P. The number of unbranched alkanes of at least 4 members (excludes halogenated alkanes) is 35. The zero-order chi connectivity index (χ0) is 59.1. The van der Waals surface area contributed by atoms with Crippen LogP contribution in [0.5, 0.6) is 0 Å². The van der Waals surface area contributed by atoms with E-state index in [0.717, 1.165) is 83.5 Å². The second kappa shape index (κ2) is 62.0. The first-order valence-electron chi connectivity index (χ1n) is 34.1. The first-order chi connectivity index (χ1) is 39.5. The molecule has 0 fully saturated rings. The highest BCUT2D eigenvalue weighted by atomic mass is 31.2. The van der Waals surface area contributed by atoms with Crippen LogP contribution in [0.15, 0.2) is 97.2 Å². The van der Waals surface area contributed by atoms with Gasteiger partial charge in [0.25, 0.3) is 7.82 Å². The number of phosphoric ester groups is 1. The van der Waals surface area contributed by atoms with E-state index in [-0.39, 0.29) is 19.1 Å². The van der Waals surface area contributed by atoms with E-state index in [1.165, 1.54) is 199 Å². The van der Waals surface area contributed by atoms with Crippen molar-refractivity contribution in [1.82, 2.24) is 5.32 Å². The van der Waals surface area contributed by atoms with Gasteiger partial charge >= 0.3 is 0 Å². The van der Waals surface area contributed by atoms with Gasteiger partial charge in [-0.15, -0.1) is 0 Å². The van der Waals surface area contributed by atoms with Crippen molar-refractivity contribution < 1.29 is 32.9 Å². The van der Waals surface area contributed by atoms with Crippen molar-refractivity contribution in [2.24, 2.45) is 0 Å². The van der Waals surface area contributed by atoms with Gasteiger partial charge < -0.3 is 28.8 Å². The molecule has 0 aromatic carbocycles. The Morgan fingerprint density at radius 2 is 0.753 bits per heavy atom. The first-order valence-corrected chi connectivity index (χ1v) is 35.6. The highest BCUT2D eigenvalue weighted by Crippen LogP contribution is 2.38. The Balaban J connectivity index is 4.13. The third-order valence-corrected chi connectivity index (χ3v) is 16.0. The molecule has 81 heavy (non-hydrogen) atoms. The summed E-state index contributed by atoms with van der Waals surface area (Å²) in [7, 11) is 1.26. The maximum absolute atomic E-state index is 13.0. The highest BCUT2D eigenvalue weighted by molar-refractivity contribution is 7.45. The lowest BCUT2D eigenvalue weighted by Gasteiger charge is -2.29. The Bertz CT molecular complexity index is 1640. The number of nitrogens with one attached hydrogen (secondary N) is 1. The van der Waals surface area contributed by atoms with E-state index >= 15 is 0 Å². The molecule has 0 saturated heterocycles. The van der Waals surface area contributed by atoms with Crippen molar-refractivity contribution in [3.8, 4) is 0 Å². The van der Waals surface area contributed by atoms with E-state index in [2.05, 4.69) is 104 Å². The van der Waals surface area contributed by atoms with E-state index in [9.17, 15) is 19.4 Å². The molecule has 0 saturated carbocycles. The number of likely N-dealkylation sites (N-methyl/N-ethyl adjacent to an activating group) is 1. The molecule has 9 heteroatoms. The number of allylic oxidation sites excluding steroid dienone is 15. The number of aliphatic hydroxyl groups excluding tert-OH is 1. The molecule has 0 aromatic rings. The van der Waals surface area contributed by atoms with E-state index in [0.29, 0.717) is 17.4 Å². The van der Waals surface area contributed by atoms with Crippen LogP contribution in [-0.4, -0.2) is 68.5 Å². The number of carbonyl (C=O) groups is 1. The van der Waals surface area contributed by atoms with Gasteiger partial charge in [-0.3, -0.25) is 9.36 Å². The van der Waals surface area contributed by atoms with E-state index in [1.54, 1.807) is 6.08 Å². The van der Waals surface area contributed by atoms with Crippen LogP contribution in [-0.2, 0) is 18.4 Å². The van der Waals surface area contributed by atoms with Gasteiger partial charge in [-0.2, -0.15) is 0 Å². The Kier molecular flexibility index (Phi) is 60.0. The fourth-order valence-corrected chi connectivity index (χ4v) is 10.5. The smallest absolute Gasteiger partial charge is 0.268 e. The monoisotopic (exact) mass is 1150 g/mol. The summed E-state index contributed by atoms with van der Waals surface area (Å²) in [5, 5.41) is 14.0. The van der Waals surface area contributed by atoms with Crippen molar-refractivity contribution in [1.29, 1.82) is 0 Å². The maximum atomic E-state index is 13.0. The van der Waals surface area contributed by atoms with E-state index in [4.69, 9.17) is 9.05 Å². The summed E-state index contributed by atoms with van der Waals surface area (Å²) in [5.74, 6) is -0.201. The molecule has 0 radical (unpaired) electrons. The summed E-state index contributed by atoms with van der Waals surface area (Å²) >= 11 is 0. The van der Waals surface area contributed by atoms with Crippen LogP contribution in [0.3, 0.4) is 0 Å². The molecule has 0 aliphatic rings. The van der Waals surface area contributed by atoms with Crippen molar-refractivity contribution in [2.45, 2.75) is 315 Å². The lowest BCUT2D eigenvalue weighted by Crippen LogP contribution is -2.45. The quantitative estimate of drug-likeness (QED) is 0.0272. The molecule has 3 atom stereocenters. The van der Waals surface area contributed by atoms with Crippen LogP contribution in [0.2, 0.25) is 0 Å². The molecule has 0 heterocycles. The molecule has 2 N–H and O–H groups in total. The third-order valence-electron chi connectivity index (χ3n) is 15.0. The molecule has 470 valence electrons. The van der Waals surface area contributed by atoms with Gasteiger partial charge in [-0.1, -0.05) is 317 Å². The van der Waals surface area contributed by atoms with Gasteiger partial charge in [-0.05, 0) is 77.0 Å². The number of aliphatic hydroxyl groups is 1. The number of hydrogen-bond donors (Lipinski definition) is 2. The number of nitrogens with zero attached hydrogens (tertiary/aromatic N) is 1. The normalized spacial score (nSPS) is 14.3. The molecule has 3 unspecified atom stereocenters. The lowest BCUT2D eigenvalue weighted by molar-refractivity contribution is -0.870. The van der Waals surface area contributed by atoms with Crippen LogP contribution < -0.4 is 10.2 Å². The van der Waals surface area contributed by atoms with Crippen molar-refractivity contribution in [2.75, 3.05) is 40.9 Å². The Morgan fingerprint density at radius 3 is 1.10 bits per heavy atom. The fourth-order valence-electron chi connectivity index (χ4n) is 9.78. The van der Waals surface area contributed by atoms with Gasteiger partial charge in [0, 0.05) is 6.42 Å². The number of rotatable bonds is 62. The van der Waals surface area contributed by atoms with Crippen molar-refractivity contribution in [3.05, 3.63) is 97.2 Å². The van der Waals surface area contributed by atoms with Gasteiger partial charge in [0.15, 0.2) is 0 Å². The van der Waals surface area contributed by atoms with Crippen LogP contribution in [0.25, 0.3) is 0 Å². The number of amides is 1. The second-order valence-corrected chi connectivity index (χ2v) is 25.6. The largest absolute Gasteiger partial charge is 0.756 e. The average Bonchev–Trinajstić information content (AvgIpc) is 3.43. The van der Waals surface area contributed by atoms with Crippen LogP contribution in [0, 0.1) is 0 Å². The summed E-state index contributed by atoms with van der Waals surface area (Å²) in [4.78, 5) is 25.6. The minimum absolute atomic E-state index is 0.00487. The molecule has 0 aliphatic carbocycles. The summed E-state index contributed by atoms with van der Waals surface area (Å²) in [6.07, 6.45) is 89.4. The number of phosphoric acid groups is 1. The molecule has 8 nitrogen and oxygen atoms in total. The maximum Gasteiger partial charge on any atom is 0.268 e. The SMILES string of the molecule is CC/C=C\C/C=C\C/C=C\C/C=C\C/C=C\C/C=C\C/C=C\CCCCCCCCCCCCCC(=O)NC(COP(=O)([O-])OCC[N+](C)(C)C)C(O)/C=C/CCCCCCCCCCCCCCCCCCCCCCCCCC. The van der Waals surface area contributed by atoms with Gasteiger partial charge in [0.1, 0.15) is 13.2 Å².